The smallest absolute Gasteiger partial charge is 0.333 e. The number of ether oxygens (including phenoxy) is 1. The van der Waals surface area contributed by atoms with Gasteiger partial charge in [0.15, 0.2) is 5.65 Å². The highest BCUT2D eigenvalue weighted by Crippen LogP contribution is 2.34. The van der Waals surface area contributed by atoms with E-state index in [0.717, 1.165) is 4.52 Å². The molecule has 3 aromatic rings. The summed E-state index contributed by atoms with van der Waals surface area (Å²) >= 11 is 0. The van der Waals surface area contributed by atoms with Crippen LogP contribution >= 0.6 is 0 Å². The lowest BCUT2D eigenvalue weighted by atomic mass is 10.1. The highest BCUT2D eigenvalue weighted by Gasteiger charge is 2.39. The molecule has 0 saturated heterocycles. The van der Waals surface area contributed by atoms with Crippen LogP contribution in [-0.4, -0.2) is 26.9 Å². The van der Waals surface area contributed by atoms with E-state index in [2.05, 4.69) is 15.3 Å². The maximum Gasteiger partial charge on any atom is 0.333 e. The standard InChI is InChI=1S/C13H10F2N4O/c1-20-10-6-4-9(5-7-10)13(14,15)12-18-17-11-3-2-8-16-19(11)12/h2-8H,1H3. The fourth-order valence-corrected chi connectivity index (χ4v) is 1.87. The molecular weight excluding hydrogens is 266 g/mol. The van der Waals surface area contributed by atoms with Gasteiger partial charge < -0.3 is 4.74 Å². The van der Waals surface area contributed by atoms with Crippen molar-refractivity contribution in [3.8, 4) is 5.75 Å². The summed E-state index contributed by atoms with van der Waals surface area (Å²) < 4.78 is 35.0. The molecule has 0 unspecified atom stereocenters. The van der Waals surface area contributed by atoms with Crippen molar-refractivity contribution in [2.24, 2.45) is 0 Å². The molecule has 2 aromatic heterocycles. The molecule has 0 amide bonds. The normalized spacial score (nSPS) is 11.8. The Bertz CT molecular complexity index is 739. The minimum Gasteiger partial charge on any atom is -0.497 e. The number of alkyl halides is 2. The van der Waals surface area contributed by atoms with Crippen molar-refractivity contribution < 1.29 is 13.5 Å². The highest BCUT2D eigenvalue weighted by molar-refractivity contribution is 5.39. The van der Waals surface area contributed by atoms with Crippen LogP contribution in [0.4, 0.5) is 8.78 Å². The molecule has 7 heteroatoms. The first-order chi connectivity index (χ1) is 9.63. The van der Waals surface area contributed by atoms with Crippen molar-refractivity contribution in [3.05, 3.63) is 54.0 Å². The monoisotopic (exact) mass is 276 g/mol. The van der Waals surface area contributed by atoms with E-state index in [9.17, 15) is 8.78 Å². The van der Waals surface area contributed by atoms with Crippen molar-refractivity contribution >= 4 is 5.65 Å². The number of aromatic nitrogens is 4. The van der Waals surface area contributed by atoms with Gasteiger partial charge in [-0.15, -0.1) is 10.2 Å². The SMILES string of the molecule is COc1ccc(C(F)(F)c2nnc3cccnn23)cc1. The Balaban J connectivity index is 2.10. The first-order valence-corrected chi connectivity index (χ1v) is 5.82. The third-order valence-corrected chi connectivity index (χ3v) is 2.91. The molecule has 0 bridgehead atoms. The molecule has 102 valence electrons. The van der Waals surface area contributed by atoms with Crippen molar-refractivity contribution in [2.45, 2.75) is 5.92 Å². The second-order valence-corrected chi connectivity index (χ2v) is 4.12. The van der Waals surface area contributed by atoms with Crippen LogP contribution < -0.4 is 4.74 Å². The van der Waals surface area contributed by atoms with Gasteiger partial charge in [-0.3, -0.25) is 0 Å². The maximum absolute atomic E-state index is 14.5. The van der Waals surface area contributed by atoms with Crippen LogP contribution in [0.1, 0.15) is 11.4 Å². The number of benzene rings is 1. The molecule has 0 aliphatic heterocycles. The Hall–Kier alpha value is -2.57. The summed E-state index contributed by atoms with van der Waals surface area (Å²) in [5.74, 6) is -3.30. The van der Waals surface area contributed by atoms with Gasteiger partial charge in [-0.1, -0.05) is 0 Å². The minimum absolute atomic E-state index is 0.196. The zero-order chi connectivity index (χ0) is 14.2. The third kappa shape index (κ3) is 1.87. The molecule has 20 heavy (non-hydrogen) atoms. The molecule has 0 spiro atoms. The number of nitrogens with zero attached hydrogens (tertiary/aromatic N) is 4. The van der Waals surface area contributed by atoms with Gasteiger partial charge in [0.1, 0.15) is 5.75 Å². The fraction of sp³-hybridized carbons (Fsp3) is 0.154. The highest BCUT2D eigenvalue weighted by atomic mass is 19.3. The summed E-state index contributed by atoms with van der Waals surface area (Å²) in [6.07, 6.45) is 1.41. The summed E-state index contributed by atoms with van der Waals surface area (Å²) in [5.41, 5.74) is 0.0777. The Morgan fingerprint density at radius 1 is 1.10 bits per heavy atom. The first-order valence-electron chi connectivity index (χ1n) is 5.82. The number of hydrogen-bond acceptors (Lipinski definition) is 4. The van der Waals surface area contributed by atoms with E-state index < -0.39 is 11.7 Å². The number of methoxy groups -OCH3 is 1. The summed E-state index contributed by atoms with van der Waals surface area (Å²) in [6, 6.07) is 8.71. The average Bonchev–Trinajstić information content (AvgIpc) is 2.92. The van der Waals surface area contributed by atoms with Crippen molar-refractivity contribution in [2.75, 3.05) is 7.11 Å². The number of halogens is 2. The van der Waals surface area contributed by atoms with Crippen molar-refractivity contribution in [1.82, 2.24) is 19.8 Å². The van der Waals surface area contributed by atoms with E-state index >= 15 is 0 Å². The lowest BCUT2D eigenvalue weighted by Crippen LogP contribution is -2.20. The van der Waals surface area contributed by atoms with Crippen LogP contribution in [-0.2, 0) is 5.92 Å². The van der Waals surface area contributed by atoms with Crippen molar-refractivity contribution in [3.63, 3.8) is 0 Å². The molecule has 0 fully saturated rings. The minimum atomic E-state index is -3.29. The van der Waals surface area contributed by atoms with Gasteiger partial charge in [-0.05, 0) is 36.4 Å². The third-order valence-electron chi connectivity index (χ3n) is 2.91. The predicted octanol–water partition coefficient (Wildman–Crippen LogP) is 2.27. The van der Waals surface area contributed by atoms with Gasteiger partial charge in [0.05, 0.1) is 7.11 Å². The molecule has 0 N–H and O–H groups in total. The molecule has 2 heterocycles. The lowest BCUT2D eigenvalue weighted by Gasteiger charge is -2.14. The van der Waals surface area contributed by atoms with E-state index in [1.165, 1.54) is 37.6 Å². The fourth-order valence-electron chi connectivity index (χ4n) is 1.87. The second-order valence-electron chi connectivity index (χ2n) is 4.12. The summed E-state index contributed by atoms with van der Waals surface area (Å²) in [4.78, 5) is 0. The lowest BCUT2D eigenvalue weighted by molar-refractivity contribution is 0.0305. The molecule has 3 rings (SSSR count). The van der Waals surface area contributed by atoms with Crippen LogP contribution in [0, 0.1) is 0 Å². The Morgan fingerprint density at radius 2 is 1.85 bits per heavy atom. The maximum atomic E-state index is 14.5. The quantitative estimate of drug-likeness (QED) is 0.736. The summed E-state index contributed by atoms with van der Waals surface area (Å²) in [7, 11) is 1.48. The molecule has 1 aromatic carbocycles. The van der Waals surface area contributed by atoms with Gasteiger partial charge >= 0.3 is 5.92 Å². The molecule has 0 saturated carbocycles. The number of hydrogen-bond donors (Lipinski definition) is 0. The predicted molar refractivity (Wildman–Crippen MR) is 66.8 cm³/mol. The van der Waals surface area contributed by atoms with E-state index in [4.69, 9.17) is 4.74 Å². The molecule has 0 aliphatic carbocycles. The van der Waals surface area contributed by atoms with E-state index in [-0.39, 0.29) is 11.2 Å². The zero-order valence-corrected chi connectivity index (χ0v) is 10.5. The summed E-state index contributed by atoms with van der Waals surface area (Å²) in [6.45, 7) is 0. The molecule has 0 aliphatic rings. The molecule has 0 radical (unpaired) electrons. The van der Waals surface area contributed by atoms with Gasteiger partial charge in [0, 0.05) is 11.8 Å². The van der Waals surface area contributed by atoms with E-state index in [1.54, 1.807) is 12.1 Å². The van der Waals surface area contributed by atoms with Gasteiger partial charge in [-0.2, -0.15) is 18.4 Å². The zero-order valence-electron chi connectivity index (χ0n) is 10.5. The van der Waals surface area contributed by atoms with E-state index in [1.807, 2.05) is 0 Å². The van der Waals surface area contributed by atoms with Gasteiger partial charge in [0.2, 0.25) is 5.82 Å². The van der Waals surface area contributed by atoms with Crippen LogP contribution in [0.5, 0.6) is 5.75 Å². The largest absolute Gasteiger partial charge is 0.497 e. The van der Waals surface area contributed by atoms with E-state index in [0.29, 0.717) is 5.75 Å². The van der Waals surface area contributed by atoms with Crippen LogP contribution in [0.2, 0.25) is 0 Å². The van der Waals surface area contributed by atoms with Gasteiger partial charge in [-0.25, -0.2) is 0 Å². The topological polar surface area (TPSA) is 52.3 Å². The Labute approximate surface area is 112 Å². The molecule has 0 atom stereocenters. The molecular formula is C13H10F2N4O. The second kappa shape index (κ2) is 4.52. The Morgan fingerprint density at radius 3 is 2.55 bits per heavy atom. The van der Waals surface area contributed by atoms with Crippen molar-refractivity contribution in [1.29, 1.82) is 0 Å². The van der Waals surface area contributed by atoms with Crippen LogP contribution in [0.25, 0.3) is 5.65 Å². The average molecular weight is 276 g/mol. The first kappa shape index (κ1) is 12.5. The van der Waals surface area contributed by atoms with Gasteiger partial charge in [0.25, 0.3) is 0 Å². The number of fused-ring (bicyclic) bond motifs is 1. The molecule has 5 nitrogen and oxygen atoms in total. The number of rotatable bonds is 3. The van der Waals surface area contributed by atoms with Crippen LogP contribution in [0.15, 0.2) is 42.6 Å². The summed E-state index contributed by atoms with van der Waals surface area (Å²) in [5, 5.41) is 11.1. The van der Waals surface area contributed by atoms with Crippen LogP contribution in [0.3, 0.4) is 0 Å². The Kier molecular flexibility index (Phi) is 2.81.